The number of nitrogens with one attached hydrogen (secondary N) is 1. The maximum Gasteiger partial charge on any atom is 0.247 e. The van der Waals surface area contributed by atoms with Crippen LogP contribution in [0.4, 0.5) is 11.4 Å². The van der Waals surface area contributed by atoms with Crippen molar-refractivity contribution in [3.05, 3.63) is 57.2 Å². The van der Waals surface area contributed by atoms with Crippen LogP contribution in [-0.4, -0.2) is 28.7 Å². The topological polar surface area (TPSA) is 66.5 Å². The van der Waals surface area contributed by atoms with Crippen molar-refractivity contribution < 1.29 is 14.4 Å². The Morgan fingerprint density at radius 1 is 1.21 bits per heavy atom. The Morgan fingerprint density at radius 3 is 2.61 bits per heavy atom. The normalized spacial score (nSPS) is 16.5. The van der Waals surface area contributed by atoms with Crippen LogP contribution in [0, 0.1) is 10.5 Å². The number of thioether (sulfide) groups is 1. The monoisotopic (exact) mass is 508 g/mol. The molecule has 3 rings (SSSR count). The van der Waals surface area contributed by atoms with Gasteiger partial charge in [-0.2, -0.15) is 0 Å². The van der Waals surface area contributed by atoms with Crippen molar-refractivity contribution in [1.82, 2.24) is 0 Å². The van der Waals surface area contributed by atoms with E-state index in [-0.39, 0.29) is 29.9 Å². The molecule has 1 N–H and O–H groups in total. The Kier molecular flexibility index (Phi) is 6.77. The molecule has 1 aliphatic heterocycles. The summed E-state index contributed by atoms with van der Waals surface area (Å²) in [5.74, 6) is -0.519. The van der Waals surface area contributed by atoms with Crippen molar-refractivity contribution in [1.29, 1.82) is 0 Å². The summed E-state index contributed by atoms with van der Waals surface area (Å²) in [4.78, 5) is 38.7. The molecule has 0 saturated carbocycles. The highest BCUT2D eigenvalue weighted by atomic mass is 127. The van der Waals surface area contributed by atoms with Crippen molar-refractivity contribution in [3.63, 3.8) is 0 Å². The van der Waals surface area contributed by atoms with Crippen LogP contribution in [0.5, 0.6) is 0 Å². The van der Waals surface area contributed by atoms with Crippen LogP contribution in [0.15, 0.2) is 42.5 Å². The van der Waals surface area contributed by atoms with Gasteiger partial charge >= 0.3 is 0 Å². The maximum absolute atomic E-state index is 12.7. The van der Waals surface area contributed by atoms with Crippen molar-refractivity contribution in [2.75, 3.05) is 16.0 Å². The molecular weight excluding hydrogens is 487 g/mol. The number of para-hydroxylation sites is 1. The maximum atomic E-state index is 12.7. The number of carbonyl (C=O) groups excluding carboxylic acids is 3. The van der Waals surface area contributed by atoms with E-state index >= 15 is 0 Å². The van der Waals surface area contributed by atoms with Gasteiger partial charge in [0.2, 0.25) is 17.7 Å². The van der Waals surface area contributed by atoms with Crippen LogP contribution in [0.2, 0.25) is 0 Å². The van der Waals surface area contributed by atoms with Gasteiger partial charge in [0.25, 0.3) is 0 Å². The summed E-state index contributed by atoms with van der Waals surface area (Å²) in [5.41, 5.74) is 3.51. The molecule has 2 aromatic rings. The molecule has 146 valence electrons. The zero-order valence-corrected chi connectivity index (χ0v) is 18.7. The second-order valence-electron chi connectivity index (χ2n) is 6.56. The summed E-state index contributed by atoms with van der Waals surface area (Å²) in [7, 11) is 0. The predicted octanol–water partition coefficient (Wildman–Crippen LogP) is 4.17. The lowest BCUT2D eigenvalue weighted by atomic mass is 10.1. The number of aryl methyl sites for hydroxylation is 2. The summed E-state index contributed by atoms with van der Waals surface area (Å²) in [6, 6.07) is 13.2. The number of halogens is 1. The molecular formula is C21H21IN2O3S. The average molecular weight is 508 g/mol. The molecule has 28 heavy (non-hydrogen) atoms. The smallest absolute Gasteiger partial charge is 0.247 e. The van der Waals surface area contributed by atoms with Gasteiger partial charge in [-0.3, -0.25) is 14.4 Å². The fourth-order valence-corrected chi connectivity index (χ4v) is 4.44. The first kappa shape index (κ1) is 20.9. The molecule has 1 saturated heterocycles. The molecule has 1 fully saturated rings. The Morgan fingerprint density at radius 2 is 1.93 bits per heavy atom. The van der Waals surface area contributed by atoms with Crippen LogP contribution in [0.3, 0.4) is 0 Å². The van der Waals surface area contributed by atoms with E-state index in [1.54, 1.807) is 12.1 Å². The minimum absolute atomic E-state index is 0.118. The van der Waals surface area contributed by atoms with E-state index in [1.165, 1.54) is 16.7 Å². The fraction of sp³-hybridized carbons (Fsp3) is 0.286. The zero-order valence-electron chi connectivity index (χ0n) is 15.7. The Labute approximate surface area is 182 Å². The fourth-order valence-electron chi connectivity index (χ4n) is 3.15. The lowest BCUT2D eigenvalue weighted by Gasteiger charge is -2.15. The Hall–Kier alpha value is -1.87. The molecule has 0 unspecified atom stereocenters. The van der Waals surface area contributed by atoms with Crippen molar-refractivity contribution >= 4 is 63.4 Å². The standard InChI is InChI=1S/C21H21IN2O3S/c1-3-14-6-4-5-13(2)20(14)23-18(25)12-28-17-11-19(26)24(21(17)27)16-9-7-15(22)8-10-16/h4-10,17H,3,11-12H2,1-2H3,(H,23,25)/t17-/m1/s1. The molecule has 2 aromatic carbocycles. The lowest BCUT2D eigenvalue weighted by Crippen LogP contribution is -2.31. The van der Waals surface area contributed by atoms with Gasteiger partial charge in [-0.25, -0.2) is 4.90 Å². The third kappa shape index (κ3) is 4.57. The number of nitrogens with zero attached hydrogens (tertiary/aromatic N) is 1. The summed E-state index contributed by atoms with van der Waals surface area (Å²) < 4.78 is 1.03. The quantitative estimate of drug-likeness (QED) is 0.470. The van der Waals surface area contributed by atoms with E-state index in [2.05, 4.69) is 27.9 Å². The number of rotatable bonds is 6. The summed E-state index contributed by atoms with van der Waals surface area (Å²) >= 11 is 3.39. The van der Waals surface area contributed by atoms with Gasteiger partial charge in [0.05, 0.1) is 16.7 Å². The number of anilines is 2. The summed E-state index contributed by atoms with van der Waals surface area (Å²) in [6.07, 6.45) is 0.943. The van der Waals surface area contributed by atoms with Crippen LogP contribution >= 0.6 is 34.4 Å². The lowest BCUT2D eigenvalue weighted by molar-refractivity contribution is -0.121. The van der Waals surface area contributed by atoms with Crippen LogP contribution in [-0.2, 0) is 20.8 Å². The molecule has 0 aliphatic carbocycles. The molecule has 1 heterocycles. The largest absolute Gasteiger partial charge is 0.325 e. The zero-order chi connectivity index (χ0) is 20.3. The van der Waals surface area contributed by atoms with E-state index in [0.717, 1.165) is 26.8 Å². The molecule has 0 spiro atoms. The second-order valence-corrected chi connectivity index (χ2v) is 9.00. The second kappa shape index (κ2) is 9.09. The third-order valence-electron chi connectivity index (χ3n) is 4.61. The first-order chi connectivity index (χ1) is 13.4. The van der Waals surface area contributed by atoms with Gasteiger partial charge in [-0.05, 0) is 71.3 Å². The molecule has 3 amide bonds. The van der Waals surface area contributed by atoms with Gasteiger partial charge in [0.15, 0.2) is 0 Å². The molecule has 1 atom stereocenters. The van der Waals surface area contributed by atoms with Gasteiger partial charge < -0.3 is 5.32 Å². The van der Waals surface area contributed by atoms with Gasteiger partial charge in [-0.1, -0.05) is 25.1 Å². The molecule has 1 aliphatic rings. The number of imide groups is 1. The molecule has 5 nitrogen and oxygen atoms in total. The third-order valence-corrected chi connectivity index (χ3v) is 6.53. The van der Waals surface area contributed by atoms with Crippen LogP contribution < -0.4 is 10.2 Å². The number of hydrogen-bond donors (Lipinski definition) is 1. The molecule has 7 heteroatoms. The number of hydrogen-bond acceptors (Lipinski definition) is 4. The van der Waals surface area contributed by atoms with Crippen LogP contribution in [0.1, 0.15) is 24.5 Å². The van der Waals surface area contributed by atoms with Crippen molar-refractivity contribution in [2.45, 2.75) is 31.9 Å². The van der Waals surface area contributed by atoms with E-state index in [0.29, 0.717) is 5.69 Å². The number of benzene rings is 2. The number of carbonyl (C=O) groups is 3. The highest BCUT2D eigenvalue weighted by molar-refractivity contribution is 14.1. The number of amides is 3. The highest BCUT2D eigenvalue weighted by Gasteiger charge is 2.40. The molecule has 0 aromatic heterocycles. The SMILES string of the molecule is CCc1cccc(C)c1NC(=O)CS[C@@H]1CC(=O)N(c2ccc(I)cc2)C1=O. The Balaban J connectivity index is 1.62. The first-order valence-electron chi connectivity index (χ1n) is 9.03. The molecule has 0 bridgehead atoms. The molecule has 0 radical (unpaired) electrons. The summed E-state index contributed by atoms with van der Waals surface area (Å²) in [6.45, 7) is 4.00. The summed E-state index contributed by atoms with van der Waals surface area (Å²) in [5, 5.41) is 2.43. The first-order valence-corrected chi connectivity index (χ1v) is 11.2. The van der Waals surface area contributed by atoms with E-state index in [1.807, 2.05) is 44.2 Å². The van der Waals surface area contributed by atoms with E-state index < -0.39 is 5.25 Å². The minimum atomic E-state index is -0.528. The predicted molar refractivity (Wildman–Crippen MR) is 122 cm³/mol. The van der Waals surface area contributed by atoms with Crippen LogP contribution in [0.25, 0.3) is 0 Å². The van der Waals surface area contributed by atoms with Crippen molar-refractivity contribution in [3.8, 4) is 0 Å². The van der Waals surface area contributed by atoms with Gasteiger partial charge in [0.1, 0.15) is 0 Å². The van der Waals surface area contributed by atoms with Gasteiger partial charge in [-0.15, -0.1) is 11.8 Å². The van der Waals surface area contributed by atoms with Gasteiger partial charge in [0, 0.05) is 15.7 Å². The highest BCUT2D eigenvalue weighted by Crippen LogP contribution is 2.30. The van der Waals surface area contributed by atoms with E-state index in [9.17, 15) is 14.4 Å². The minimum Gasteiger partial charge on any atom is -0.325 e. The van der Waals surface area contributed by atoms with Crippen molar-refractivity contribution in [2.24, 2.45) is 0 Å². The average Bonchev–Trinajstić information content (AvgIpc) is 2.96. The Bertz CT molecular complexity index is 914. The van der Waals surface area contributed by atoms with E-state index in [4.69, 9.17) is 0 Å².